The molecular formula is C16H20ClNO3. The first-order valence-corrected chi connectivity index (χ1v) is 7.31. The van der Waals surface area contributed by atoms with E-state index in [4.69, 9.17) is 11.6 Å². The van der Waals surface area contributed by atoms with Crippen LogP contribution in [0.25, 0.3) is 0 Å². The minimum absolute atomic E-state index is 0.139. The predicted molar refractivity (Wildman–Crippen MR) is 81.0 cm³/mol. The first-order valence-electron chi connectivity index (χ1n) is 6.93. The molecule has 0 aromatic heterocycles. The van der Waals surface area contributed by atoms with Crippen LogP contribution in [0, 0.1) is 17.3 Å². The molecule has 1 aromatic carbocycles. The summed E-state index contributed by atoms with van der Waals surface area (Å²) in [5.41, 5.74) is 0.373. The third kappa shape index (κ3) is 2.64. The van der Waals surface area contributed by atoms with E-state index in [-0.39, 0.29) is 11.9 Å². The number of rotatable bonds is 4. The van der Waals surface area contributed by atoms with E-state index >= 15 is 0 Å². The van der Waals surface area contributed by atoms with E-state index < -0.39 is 23.2 Å². The van der Waals surface area contributed by atoms with Crippen molar-refractivity contribution in [1.29, 1.82) is 0 Å². The van der Waals surface area contributed by atoms with Gasteiger partial charge in [0, 0.05) is 12.1 Å². The third-order valence-corrected chi connectivity index (χ3v) is 4.99. The van der Waals surface area contributed by atoms with Gasteiger partial charge in [-0.2, -0.15) is 0 Å². The molecule has 0 saturated heterocycles. The summed E-state index contributed by atoms with van der Waals surface area (Å²) < 4.78 is 0. The second-order valence-corrected chi connectivity index (χ2v) is 6.67. The molecule has 0 spiro atoms. The molecule has 1 aliphatic rings. The van der Waals surface area contributed by atoms with Crippen molar-refractivity contribution < 1.29 is 14.7 Å². The van der Waals surface area contributed by atoms with Gasteiger partial charge in [-0.1, -0.05) is 43.6 Å². The Hall–Kier alpha value is -1.55. The van der Waals surface area contributed by atoms with Crippen LogP contribution < -0.4 is 0 Å². The summed E-state index contributed by atoms with van der Waals surface area (Å²) in [5, 5.41) is 9.80. The zero-order valence-electron chi connectivity index (χ0n) is 12.6. The van der Waals surface area contributed by atoms with Crippen LogP contribution in [0.4, 0.5) is 0 Å². The monoisotopic (exact) mass is 309 g/mol. The minimum atomic E-state index is -0.905. The number of carboxylic acid groups (broad SMARTS) is 1. The van der Waals surface area contributed by atoms with Crippen LogP contribution in [0.3, 0.4) is 0 Å². The van der Waals surface area contributed by atoms with Gasteiger partial charge >= 0.3 is 5.97 Å². The fourth-order valence-corrected chi connectivity index (χ4v) is 3.29. The lowest BCUT2D eigenvalue weighted by atomic mass is 10.1. The van der Waals surface area contributed by atoms with Gasteiger partial charge in [-0.15, -0.1) is 0 Å². The van der Waals surface area contributed by atoms with Crippen LogP contribution in [0.15, 0.2) is 24.3 Å². The highest BCUT2D eigenvalue weighted by atomic mass is 35.5. The zero-order chi connectivity index (χ0) is 15.9. The molecule has 1 aliphatic carbocycles. The number of amides is 1. The summed E-state index contributed by atoms with van der Waals surface area (Å²) in [6, 6.07) is 7.18. The fourth-order valence-electron chi connectivity index (χ4n) is 2.99. The first kappa shape index (κ1) is 15.8. The molecule has 2 rings (SSSR count). The van der Waals surface area contributed by atoms with Crippen molar-refractivity contribution in [2.45, 2.75) is 26.8 Å². The highest BCUT2D eigenvalue weighted by Crippen LogP contribution is 2.59. The lowest BCUT2D eigenvalue weighted by Crippen LogP contribution is -2.32. The summed E-state index contributed by atoms with van der Waals surface area (Å²) in [4.78, 5) is 25.4. The van der Waals surface area contributed by atoms with Crippen molar-refractivity contribution in [3.8, 4) is 0 Å². The Morgan fingerprint density at radius 3 is 2.33 bits per heavy atom. The van der Waals surface area contributed by atoms with Gasteiger partial charge in [0.25, 0.3) is 0 Å². The highest BCUT2D eigenvalue weighted by Gasteiger charge is 2.66. The molecule has 5 heteroatoms. The lowest BCUT2D eigenvalue weighted by molar-refractivity contribution is -0.142. The molecule has 1 amide bonds. The molecule has 21 heavy (non-hydrogen) atoms. The zero-order valence-corrected chi connectivity index (χ0v) is 13.4. The Labute approximate surface area is 129 Å². The van der Waals surface area contributed by atoms with E-state index in [1.807, 2.05) is 39.0 Å². The van der Waals surface area contributed by atoms with Gasteiger partial charge in [-0.25, -0.2) is 0 Å². The molecular weight excluding hydrogens is 290 g/mol. The highest BCUT2D eigenvalue weighted by molar-refractivity contribution is 6.31. The molecule has 1 aromatic rings. The van der Waals surface area contributed by atoms with Crippen molar-refractivity contribution in [2.24, 2.45) is 17.3 Å². The van der Waals surface area contributed by atoms with E-state index in [9.17, 15) is 14.7 Å². The maximum atomic E-state index is 12.6. The SMILES string of the molecule is CC(c1ccccc1Cl)N(C)C(=O)[C@H]1[C@@H](C(=O)O)C1(C)C. The van der Waals surface area contributed by atoms with Gasteiger partial charge in [-0.05, 0) is 24.0 Å². The first-order chi connectivity index (χ1) is 9.69. The summed E-state index contributed by atoms with van der Waals surface area (Å²) in [6.07, 6.45) is 0. The molecule has 3 atom stereocenters. The number of carbonyl (C=O) groups excluding carboxylic acids is 1. The average Bonchev–Trinajstić information content (AvgIpc) is 3.00. The molecule has 0 aliphatic heterocycles. The van der Waals surface area contributed by atoms with Gasteiger partial charge < -0.3 is 10.0 Å². The number of hydrogen-bond donors (Lipinski definition) is 1. The maximum absolute atomic E-state index is 12.6. The van der Waals surface area contributed by atoms with E-state index in [1.54, 1.807) is 18.0 Å². The molecule has 114 valence electrons. The molecule has 1 N–H and O–H groups in total. The molecule has 4 nitrogen and oxygen atoms in total. The van der Waals surface area contributed by atoms with E-state index in [0.29, 0.717) is 5.02 Å². The fraction of sp³-hybridized carbons (Fsp3) is 0.500. The van der Waals surface area contributed by atoms with Gasteiger partial charge in [-0.3, -0.25) is 9.59 Å². The van der Waals surface area contributed by atoms with Crippen LogP contribution in [-0.4, -0.2) is 28.9 Å². The maximum Gasteiger partial charge on any atom is 0.307 e. The van der Waals surface area contributed by atoms with Crippen LogP contribution in [0.1, 0.15) is 32.4 Å². The number of aliphatic carboxylic acids is 1. The van der Waals surface area contributed by atoms with Gasteiger partial charge in [0.1, 0.15) is 0 Å². The van der Waals surface area contributed by atoms with Gasteiger partial charge in [0.2, 0.25) is 5.91 Å². The van der Waals surface area contributed by atoms with Crippen LogP contribution >= 0.6 is 11.6 Å². The quantitative estimate of drug-likeness (QED) is 0.929. The Morgan fingerprint density at radius 2 is 1.86 bits per heavy atom. The van der Waals surface area contributed by atoms with E-state index in [1.165, 1.54) is 0 Å². The summed E-state index contributed by atoms with van der Waals surface area (Å²) in [7, 11) is 1.70. The Balaban J connectivity index is 2.18. The van der Waals surface area contributed by atoms with Gasteiger partial charge in [0.05, 0.1) is 17.9 Å². The number of carbonyl (C=O) groups is 2. The Bertz CT molecular complexity index is 585. The van der Waals surface area contributed by atoms with E-state index in [0.717, 1.165) is 5.56 Å². The Kier molecular flexibility index (Phi) is 4.02. The van der Waals surface area contributed by atoms with Crippen molar-refractivity contribution in [3.63, 3.8) is 0 Å². The summed E-state index contributed by atoms with van der Waals surface area (Å²) in [5.74, 6) is -2.12. The van der Waals surface area contributed by atoms with Crippen molar-refractivity contribution in [1.82, 2.24) is 4.90 Å². The predicted octanol–water partition coefficient (Wildman–Crippen LogP) is 3.22. The third-order valence-electron chi connectivity index (χ3n) is 4.64. The number of carboxylic acids is 1. The second-order valence-electron chi connectivity index (χ2n) is 6.26. The van der Waals surface area contributed by atoms with E-state index in [2.05, 4.69) is 0 Å². The normalized spacial score (nSPS) is 24.2. The van der Waals surface area contributed by atoms with Gasteiger partial charge in [0.15, 0.2) is 0 Å². The smallest absolute Gasteiger partial charge is 0.307 e. The molecule has 1 unspecified atom stereocenters. The van der Waals surface area contributed by atoms with Crippen LogP contribution in [0.2, 0.25) is 5.02 Å². The van der Waals surface area contributed by atoms with Crippen LogP contribution in [-0.2, 0) is 9.59 Å². The second kappa shape index (κ2) is 5.34. The number of nitrogens with zero attached hydrogens (tertiary/aromatic N) is 1. The largest absolute Gasteiger partial charge is 0.481 e. The van der Waals surface area contributed by atoms with Crippen molar-refractivity contribution >= 4 is 23.5 Å². The number of halogens is 1. The van der Waals surface area contributed by atoms with Crippen LogP contribution in [0.5, 0.6) is 0 Å². The molecule has 0 heterocycles. The molecule has 1 fully saturated rings. The topological polar surface area (TPSA) is 57.6 Å². The molecule has 1 saturated carbocycles. The number of benzene rings is 1. The van der Waals surface area contributed by atoms with Crippen molar-refractivity contribution in [2.75, 3.05) is 7.05 Å². The van der Waals surface area contributed by atoms with Crippen molar-refractivity contribution in [3.05, 3.63) is 34.9 Å². The molecule has 0 radical (unpaired) electrons. The molecule has 0 bridgehead atoms. The summed E-state index contributed by atoms with van der Waals surface area (Å²) in [6.45, 7) is 5.54. The minimum Gasteiger partial charge on any atom is -0.481 e. The number of hydrogen-bond acceptors (Lipinski definition) is 2. The summed E-state index contributed by atoms with van der Waals surface area (Å²) >= 11 is 6.17. The standard InChI is InChI=1S/C16H20ClNO3/c1-9(10-7-5-6-8-11(10)17)18(4)14(19)12-13(15(20)21)16(12,2)3/h5-9,12-13H,1-4H3,(H,20,21)/t9?,12-,13+/m1/s1. The lowest BCUT2D eigenvalue weighted by Gasteiger charge is -2.26. The Morgan fingerprint density at radius 1 is 1.29 bits per heavy atom. The average molecular weight is 310 g/mol.